The minimum Gasteiger partial charge on any atom is -0.481 e. The zero-order valence-electron chi connectivity index (χ0n) is 10.7. The summed E-state index contributed by atoms with van der Waals surface area (Å²) in [5.74, 6) is -0.573. The van der Waals surface area contributed by atoms with Gasteiger partial charge in [-0.25, -0.2) is 0 Å². The van der Waals surface area contributed by atoms with Crippen molar-refractivity contribution in [1.29, 1.82) is 0 Å². The van der Waals surface area contributed by atoms with Crippen molar-refractivity contribution in [1.82, 2.24) is 5.32 Å². The molecule has 0 saturated heterocycles. The molecule has 2 unspecified atom stereocenters. The van der Waals surface area contributed by atoms with Gasteiger partial charge in [-0.2, -0.15) is 0 Å². The highest BCUT2D eigenvalue weighted by Crippen LogP contribution is 2.29. The average molecular weight is 241 g/mol. The van der Waals surface area contributed by atoms with E-state index in [1.165, 1.54) is 0 Å². The second-order valence-corrected chi connectivity index (χ2v) is 5.37. The van der Waals surface area contributed by atoms with Gasteiger partial charge in [-0.05, 0) is 31.6 Å². The van der Waals surface area contributed by atoms with Crippen LogP contribution in [0.15, 0.2) is 0 Å². The molecule has 1 aliphatic rings. The summed E-state index contributed by atoms with van der Waals surface area (Å²) in [6, 6.07) is 0. The first-order valence-electron chi connectivity index (χ1n) is 6.51. The lowest BCUT2D eigenvalue weighted by Crippen LogP contribution is -2.36. The lowest BCUT2D eigenvalue weighted by Gasteiger charge is -2.25. The van der Waals surface area contributed by atoms with Crippen LogP contribution in [0.4, 0.5) is 0 Å². The van der Waals surface area contributed by atoms with E-state index in [1.807, 2.05) is 0 Å². The lowest BCUT2D eigenvalue weighted by atomic mass is 9.81. The maximum Gasteiger partial charge on any atom is 0.306 e. The fraction of sp³-hybridized carbons (Fsp3) is 0.846. The van der Waals surface area contributed by atoms with Gasteiger partial charge in [0.1, 0.15) is 0 Å². The number of rotatable bonds is 5. The van der Waals surface area contributed by atoms with Gasteiger partial charge in [0.25, 0.3) is 0 Å². The number of carboxylic acids is 1. The number of hydrogen-bond donors (Lipinski definition) is 2. The van der Waals surface area contributed by atoms with Crippen LogP contribution < -0.4 is 5.32 Å². The van der Waals surface area contributed by atoms with E-state index in [-0.39, 0.29) is 17.7 Å². The van der Waals surface area contributed by atoms with Gasteiger partial charge in [0, 0.05) is 12.5 Å². The average Bonchev–Trinajstić information content (AvgIpc) is 2.28. The Bertz CT molecular complexity index is 276. The van der Waals surface area contributed by atoms with Gasteiger partial charge in [0.05, 0.1) is 5.92 Å². The molecule has 0 aromatic carbocycles. The molecule has 4 nitrogen and oxygen atoms in total. The van der Waals surface area contributed by atoms with Crippen LogP contribution in [0, 0.1) is 17.8 Å². The Hall–Kier alpha value is -1.06. The SMILES string of the molecule is CC(C)CCNC(=O)C1CCCC(C(=O)O)C1. The first kappa shape index (κ1) is 14.0. The van der Waals surface area contributed by atoms with Crippen molar-refractivity contribution in [3.8, 4) is 0 Å². The standard InChI is InChI=1S/C13H23NO3/c1-9(2)6-7-14-12(15)10-4-3-5-11(8-10)13(16)17/h9-11H,3-8H2,1-2H3,(H,14,15)(H,16,17). The third-order valence-electron chi connectivity index (χ3n) is 3.42. The van der Waals surface area contributed by atoms with Crippen LogP contribution in [0.3, 0.4) is 0 Å². The van der Waals surface area contributed by atoms with Gasteiger partial charge in [-0.15, -0.1) is 0 Å². The van der Waals surface area contributed by atoms with Crippen LogP contribution in [0.25, 0.3) is 0 Å². The van der Waals surface area contributed by atoms with Gasteiger partial charge >= 0.3 is 5.97 Å². The Morgan fingerprint density at radius 2 is 1.94 bits per heavy atom. The Morgan fingerprint density at radius 1 is 1.29 bits per heavy atom. The Balaban J connectivity index is 2.33. The van der Waals surface area contributed by atoms with E-state index in [9.17, 15) is 9.59 Å². The molecule has 0 heterocycles. The summed E-state index contributed by atoms with van der Waals surface area (Å²) in [4.78, 5) is 22.7. The van der Waals surface area contributed by atoms with Gasteiger partial charge in [0.15, 0.2) is 0 Å². The largest absolute Gasteiger partial charge is 0.481 e. The first-order chi connectivity index (χ1) is 8.00. The lowest BCUT2D eigenvalue weighted by molar-refractivity contribution is -0.144. The summed E-state index contributed by atoms with van der Waals surface area (Å²) in [6.45, 7) is 4.94. The number of carboxylic acid groups (broad SMARTS) is 1. The smallest absolute Gasteiger partial charge is 0.306 e. The minimum atomic E-state index is -0.760. The molecule has 1 saturated carbocycles. The van der Waals surface area contributed by atoms with Crippen LogP contribution in [0.1, 0.15) is 46.0 Å². The minimum absolute atomic E-state index is 0.0385. The highest BCUT2D eigenvalue weighted by atomic mass is 16.4. The van der Waals surface area contributed by atoms with E-state index < -0.39 is 5.97 Å². The molecule has 4 heteroatoms. The van der Waals surface area contributed by atoms with Gasteiger partial charge in [0.2, 0.25) is 5.91 Å². The normalized spacial score (nSPS) is 24.6. The highest BCUT2D eigenvalue weighted by Gasteiger charge is 2.30. The van der Waals surface area contributed by atoms with Gasteiger partial charge < -0.3 is 10.4 Å². The molecule has 0 spiro atoms. The second-order valence-electron chi connectivity index (χ2n) is 5.37. The predicted octanol–water partition coefficient (Wildman–Crippen LogP) is 2.04. The van der Waals surface area contributed by atoms with Crippen molar-refractivity contribution in [2.24, 2.45) is 17.8 Å². The summed E-state index contributed by atoms with van der Waals surface area (Å²) in [6.07, 6.45) is 3.87. The Labute approximate surface area is 103 Å². The third-order valence-corrected chi connectivity index (χ3v) is 3.42. The third kappa shape index (κ3) is 4.75. The number of amides is 1. The second kappa shape index (κ2) is 6.62. The van der Waals surface area contributed by atoms with Crippen molar-refractivity contribution in [3.63, 3.8) is 0 Å². The zero-order valence-corrected chi connectivity index (χ0v) is 10.7. The summed E-state index contributed by atoms with van der Waals surface area (Å²) < 4.78 is 0. The summed E-state index contributed by atoms with van der Waals surface area (Å²) in [5.41, 5.74) is 0. The Morgan fingerprint density at radius 3 is 2.53 bits per heavy atom. The molecule has 0 radical (unpaired) electrons. The quantitative estimate of drug-likeness (QED) is 0.774. The molecule has 17 heavy (non-hydrogen) atoms. The summed E-state index contributed by atoms with van der Waals surface area (Å²) in [5, 5.41) is 11.9. The molecule has 1 amide bonds. The maximum atomic E-state index is 11.8. The fourth-order valence-corrected chi connectivity index (χ4v) is 2.28. The van der Waals surface area contributed by atoms with Crippen molar-refractivity contribution in [2.45, 2.75) is 46.0 Å². The predicted molar refractivity (Wildman–Crippen MR) is 65.5 cm³/mol. The molecule has 0 aromatic heterocycles. The fourth-order valence-electron chi connectivity index (χ4n) is 2.28. The van der Waals surface area contributed by atoms with Crippen LogP contribution in [0.2, 0.25) is 0 Å². The molecule has 98 valence electrons. The zero-order chi connectivity index (χ0) is 12.8. The van der Waals surface area contributed by atoms with Crippen molar-refractivity contribution in [3.05, 3.63) is 0 Å². The molecular weight excluding hydrogens is 218 g/mol. The Kier molecular flexibility index (Phi) is 5.45. The number of nitrogens with one attached hydrogen (secondary N) is 1. The van der Waals surface area contributed by atoms with Crippen LogP contribution in [-0.4, -0.2) is 23.5 Å². The number of carbonyl (C=O) groups is 2. The van der Waals surface area contributed by atoms with E-state index in [0.29, 0.717) is 25.3 Å². The van der Waals surface area contributed by atoms with E-state index in [1.54, 1.807) is 0 Å². The maximum absolute atomic E-state index is 11.8. The van der Waals surface area contributed by atoms with Crippen molar-refractivity contribution in [2.75, 3.05) is 6.54 Å². The molecule has 0 aromatic rings. The summed E-state index contributed by atoms with van der Waals surface area (Å²) >= 11 is 0. The molecular formula is C13H23NO3. The molecule has 1 rings (SSSR count). The van der Waals surface area contributed by atoms with Crippen LogP contribution in [0.5, 0.6) is 0 Å². The number of aliphatic carboxylic acids is 1. The monoisotopic (exact) mass is 241 g/mol. The molecule has 2 N–H and O–H groups in total. The topological polar surface area (TPSA) is 66.4 Å². The van der Waals surface area contributed by atoms with Crippen LogP contribution in [-0.2, 0) is 9.59 Å². The molecule has 0 aliphatic heterocycles. The first-order valence-corrected chi connectivity index (χ1v) is 6.51. The van der Waals surface area contributed by atoms with E-state index in [0.717, 1.165) is 19.3 Å². The summed E-state index contributed by atoms with van der Waals surface area (Å²) in [7, 11) is 0. The number of hydrogen-bond acceptors (Lipinski definition) is 2. The molecule has 0 bridgehead atoms. The molecule has 1 fully saturated rings. The van der Waals surface area contributed by atoms with E-state index >= 15 is 0 Å². The molecule has 2 atom stereocenters. The van der Waals surface area contributed by atoms with Crippen molar-refractivity contribution < 1.29 is 14.7 Å². The highest BCUT2D eigenvalue weighted by molar-refractivity contribution is 5.80. The van der Waals surface area contributed by atoms with E-state index in [2.05, 4.69) is 19.2 Å². The van der Waals surface area contributed by atoms with Gasteiger partial charge in [-0.1, -0.05) is 20.3 Å². The van der Waals surface area contributed by atoms with Crippen LogP contribution >= 0.6 is 0 Å². The molecule has 1 aliphatic carbocycles. The van der Waals surface area contributed by atoms with Gasteiger partial charge in [-0.3, -0.25) is 9.59 Å². The number of carbonyl (C=O) groups excluding carboxylic acids is 1. The van der Waals surface area contributed by atoms with Crippen molar-refractivity contribution >= 4 is 11.9 Å². The van der Waals surface area contributed by atoms with E-state index in [4.69, 9.17) is 5.11 Å².